The van der Waals surface area contributed by atoms with Crippen molar-refractivity contribution in [2.45, 2.75) is 0 Å². The molecule has 0 radical (unpaired) electrons. The van der Waals surface area contributed by atoms with Gasteiger partial charge in [0.1, 0.15) is 0 Å². The third kappa shape index (κ3) is 8.55. The second-order valence-electron chi connectivity index (χ2n) is 21.9. The molecule has 406 valence electrons. The molecule has 87 heavy (non-hydrogen) atoms. The molecule has 5 heterocycles. The smallest absolute Gasteiger partial charge is 0.164 e. The van der Waals surface area contributed by atoms with Gasteiger partial charge in [0.25, 0.3) is 0 Å². The van der Waals surface area contributed by atoms with E-state index in [1.165, 1.54) is 21.5 Å². The molecular formula is C78H49N9. The van der Waals surface area contributed by atoms with E-state index in [1.54, 1.807) is 0 Å². The lowest BCUT2D eigenvalue weighted by atomic mass is 10.0. The van der Waals surface area contributed by atoms with Crippen molar-refractivity contribution in [3.63, 3.8) is 0 Å². The molecule has 0 aliphatic rings. The summed E-state index contributed by atoms with van der Waals surface area (Å²) in [6.07, 6.45) is 0. The Bertz CT molecular complexity index is 5230. The van der Waals surface area contributed by atoms with Crippen molar-refractivity contribution in [2.24, 2.45) is 0 Å². The van der Waals surface area contributed by atoms with Gasteiger partial charge in [-0.25, -0.2) is 29.9 Å². The zero-order valence-electron chi connectivity index (χ0n) is 46.8. The lowest BCUT2D eigenvalue weighted by Crippen LogP contribution is -2.03. The summed E-state index contributed by atoms with van der Waals surface area (Å²) in [6, 6.07) is 104. The topological polar surface area (TPSA) is 92.1 Å². The number of fused-ring (bicyclic) bond motifs is 9. The Morgan fingerprint density at radius 3 is 0.885 bits per heavy atom. The minimum atomic E-state index is 0.566. The first-order valence-electron chi connectivity index (χ1n) is 29.2. The van der Waals surface area contributed by atoms with E-state index in [2.05, 4.69) is 232 Å². The van der Waals surface area contributed by atoms with Gasteiger partial charge in [0, 0.05) is 82.8 Å². The Morgan fingerprint density at radius 1 is 0.161 bits per heavy atom. The fourth-order valence-corrected chi connectivity index (χ4v) is 12.7. The molecule has 0 fully saturated rings. The zero-order valence-corrected chi connectivity index (χ0v) is 46.8. The molecule has 12 aromatic carbocycles. The van der Waals surface area contributed by atoms with Crippen LogP contribution in [0.4, 0.5) is 0 Å². The normalized spacial score (nSPS) is 11.7. The van der Waals surface area contributed by atoms with E-state index in [0.717, 1.165) is 105 Å². The number of benzene rings is 12. The number of aromatic nitrogens is 9. The van der Waals surface area contributed by atoms with Crippen LogP contribution >= 0.6 is 0 Å². The molecular weight excluding hydrogens is 1060 g/mol. The Kier molecular flexibility index (Phi) is 11.7. The summed E-state index contributed by atoms with van der Waals surface area (Å²) in [4.78, 5) is 31.2. The number of rotatable bonds is 10. The van der Waals surface area contributed by atoms with E-state index in [9.17, 15) is 0 Å². The molecule has 0 saturated heterocycles. The van der Waals surface area contributed by atoms with Crippen molar-refractivity contribution in [3.8, 4) is 96.5 Å². The van der Waals surface area contributed by atoms with Crippen LogP contribution < -0.4 is 0 Å². The van der Waals surface area contributed by atoms with Crippen LogP contribution in [-0.2, 0) is 0 Å². The van der Waals surface area contributed by atoms with Gasteiger partial charge in [-0.2, -0.15) is 0 Å². The summed E-state index contributed by atoms with van der Waals surface area (Å²) >= 11 is 0. The van der Waals surface area contributed by atoms with E-state index in [-0.39, 0.29) is 0 Å². The molecule has 0 aliphatic heterocycles. The SMILES string of the molecule is c1ccc(-c2nc(-c3ccccc3)nc(-c3cccc(-n4c5ccccc5c5cc(-c6cccc(-c7nc(-c8ccccc8)nc(-c8cc(-n9c%10ccccc%10c%10ccccc%109)cc(-n9c%10ccccc%10c%10ccccc%109)c8)n7)c6)ccc54)c3)n2)cc1. The monoisotopic (exact) mass is 1110 g/mol. The molecule has 9 heteroatoms. The molecule has 9 nitrogen and oxygen atoms in total. The van der Waals surface area contributed by atoms with E-state index in [1.807, 2.05) is 78.9 Å². The van der Waals surface area contributed by atoms with E-state index in [4.69, 9.17) is 29.9 Å². The van der Waals surface area contributed by atoms with Crippen molar-refractivity contribution < 1.29 is 0 Å². The fourth-order valence-electron chi connectivity index (χ4n) is 12.7. The van der Waals surface area contributed by atoms with E-state index < -0.39 is 0 Å². The van der Waals surface area contributed by atoms with Crippen LogP contribution in [-0.4, -0.2) is 43.6 Å². The molecule has 0 unspecified atom stereocenters. The molecule has 0 bridgehead atoms. The summed E-state index contributed by atoms with van der Waals surface area (Å²) < 4.78 is 7.09. The van der Waals surface area contributed by atoms with Gasteiger partial charge in [0.05, 0.1) is 33.1 Å². The van der Waals surface area contributed by atoms with Crippen LogP contribution in [0.25, 0.3) is 162 Å². The van der Waals surface area contributed by atoms with Crippen LogP contribution in [0.1, 0.15) is 0 Å². The maximum Gasteiger partial charge on any atom is 0.164 e. The molecule has 17 rings (SSSR count). The van der Waals surface area contributed by atoms with Crippen molar-refractivity contribution in [1.82, 2.24) is 43.6 Å². The minimum absolute atomic E-state index is 0.566. The first-order chi connectivity index (χ1) is 43.1. The first-order valence-corrected chi connectivity index (χ1v) is 29.2. The second-order valence-corrected chi connectivity index (χ2v) is 21.9. The van der Waals surface area contributed by atoms with Crippen molar-refractivity contribution >= 4 is 65.4 Å². The Labute approximate surface area is 500 Å². The van der Waals surface area contributed by atoms with Crippen LogP contribution in [0.15, 0.2) is 297 Å². The van der Waals surface area contributed by atoms with Gasteiger partial charge in [-0.3, -0.25) is 0 Å². The average molecular weight is 1110 g/mol. The Balaban J connectivity index is 0.803. The highest BCUT2D eigenvalue weighted by Crippen LogP contribution is 2.40. The van der Waals surface area contributed by atoms with Gasteiger partial charge < -0.3 is 13.7 Å². The third-order valence-electron chi connectivity index (χ3n) is 16.7. The standard InChI is InChI=1S/C78H49N9/c1-4-22-50(23-5-1)73-79-74(51-24-6-2-7-25-51)82-77(81-73)56-30-21-31-58(45-56)85-71-41-19-14-36-65(71)66-48-54(42-43-72(66)85)53-28-20-29-55(44-53)76-80-75(52-26-8-3-9-27-52)83-78(84-76)57-46-59(86-67-37-15-10-32-61(67)62-33-11-16-38-68(62)86)49-60(47-57)87-69-39-17-12-34-63(69)64-35-13-18-40-70(64)87/h1-49H. The van der Waals surface area contributed by atoms with Crippen LogP contribution in [0.2, 0.25) is 0 Å². The first kappa shape index (κ1) is 49.7. The highest BCUT2D eigenvalue weighted by molar-refractivity contribution is 6.12. The summed E-state index contributed by atoms with van der Waals surface area (Å²) in [5, 5.41) is 7.03. The molecule has 0 atom stereocenters. The molecule has 0 aliphatic carbocycles. The number of hydrogen-bond donors (Lipinski definition) is 0. The molecule has 0 amide bonds. The Morgan fingerprint density at radius 2 is 0.448 bits per heavy atom. The third-order valence-corrected chi connectivity index (χ3v) is 16.7. The van der Waals surface area contributed by atoms with Crippen LogP contribution in [0.5, 0.6) is 0 Å². The lowest BCUT2D eigenvalue weighted by molar-refractivity contribution is 1.07. The van der Waals surface area contributed by atoms with Crippen molar-refractivity contribution in [2.75, 3.05) is 0 Å². The quantitative estimate of drug-likeness (QED) is 0.135. The minimum Gasteiger partial charge on any atom is -0.309 e. The lowest BCUT2D eigenvalue weighted by Gasteiger charge is -2.16. The number of hydrogen-bond acceptors (Lipinski definition) is 6. The van der Waals surface area contributed by atoms with Crippen molar-refractivity contribution in [3.05, 3.63) is 297 Å². The molecule has 17 aromatic rings. The summed E-state index contributed by atoms with van der Waals surface area (Å²) in [5.74, 6) is 3.57. The summed E-state index contributed by atoms with van der Waals surface area (Å²) in [7, 11) is 0. The van der Waals surface area contributed by atoms with Gasteiger partial charge in [-0.15, -0.1) is 0 Å². The van der Waals surface area contributed by atoms with Gasteiger partial charge in [0.2, 0.25) is 0 Å². The predicted molar refractivity (Wildman–Crippen MR) is 354 cm³/mol. The van der Waals surface area contributed by atoms with Crippen molar-refractivity contribution in [1.29, 1.82) is 0 Å². The zero-order chi connectivity index (χ0) is 57.4. The average Bonchev–Trinajstić information content (AvgIpc) is 2.13. The fraction of sp³-hybridized carbons (Fsp3) is 0. The summed E-state index contributed by atoms with van der Waals surface area (Å²) in [6.45, 7) is 0. The molecule has 0 saturated carbocycles. The largest absolute Gasteiger partial charge is 0.309 e. The van der Waals surface area contributed by atoms with E-state index in [0.29, 0.717) is 34.9 Å². The highest BCUT2D eigenvalue weighted by atomic mass is 15.1. The van der Waals surface area contributed by atoms with Crippen LogP contribution in [0.3, 0.4) is 0 Å². The highest BCUT2D eigenvalue weighted by Gasteiger charge is 2.22. The Hall–Kier alpha value is -11.9. The second kappa shape index (κ2) is 20.4. The maximum absolute atomic E-state index is 5.47. The number of nitrogens with zero attached hydrogens (tertiary/aromatic N) is 9. The van der Waals surface area contributed by atoms with Crippen LogP contribution in [0, 0.1) is 0 Å². The van der Waals surface area contributed by atoms with Gasteiger partial charge in [-0.05, 0) is 90.0 Å². The maximum atomic E-state index is 5.47. The van der Waals surface area contributed by atoms with Gasteiger partial charge in [-0.1, -0.05) is 218 Å². The molecule has 0 N–H and O–H groups in total. The number of para-hydroxylation sites is 5. The summed E-state index contributed by atoms with van der Waals surface area (Å²) in [5.41, 5.74) is 17.1. The molecule has 5 aromatic heterocycles. The predicted octanol–water partition coefficient (Wildman–Crippen LogP) is 19.0. The van der Waals surface area contributed by atoms with Gasteiger partial charge in [0.15, 0.2) is 34.9 Å². The molecule has 0 spiro atoms. The van der Waals surface area contributed by atoms with Gasteiger partial charge >= 0.3 is 0 Å². The van der Waals surface area contributed by atoms with E-state index >= 15 is 0 Å².